The van der Waals surface area contributed by atoms with Gasteiger partial charge in [-0.05, 0) is 54.0 Å². The SMILES string of the molecule is CCOC(=O)C1CCCN(CC(=O)N(C(C)C)C(C)C)C1. The summed E-state index contributed by atoms with van der Waals surface area (Å²) < 4.78 is 5.10. The quantitative estimate of drug-likeness (QED) is 0.703. The van der Waals surface area contributed by atoms with E-state index in [2.05, 4.69) is 4.90 Å². The summed E-state index contributed by atoms with van der Waals surface area (Å²) in [6, 6.07) is 0.395. The van der Waals surface area contributed by atoms with Gasteiger partial charge in [-0.1, -0.05) is 0 Å². The third kappa shape index (κ3) is 5.30. The highest BCUT2D eigenvalue weighted by atomic mass is 16.5. The Bertz CT molecular complexity index is 347. The van der Waals surface area contributed by atoms with Crippen LogP contribution >= 0.6 is 0 Å². The Morgan fingerprint density at radius 3 is 2.38 bits per heavy atom. The standard InChI is InChI=1S/C16H30N2O3/c1-6-21-16(20)14-8-7-9-17(10-14)11-15(19)18(12(2)3)13(4)5/h12-14H,6-11H2,1-5H3. The predicted molar refractivity (Wildman–Crippen MR) is 82.9 cm³/mol. The van der Waals surface area contributed by atoms with E-state index < -0.39 is 0 Å². The molecule has 21 heavy (non-hydrogen) atoms. The van der Waals surface area contributed by atoms with Crippen molar-refractivity contribution < 1.29 is 14.3 Å². The molecule has 1 heterocycles. The molecule has 1 rings (SSSR count). The van der Waals surface area contributed by atoms with Crippen LogP contribution in [0.3, 0.4) is 0 Å². The number of carbonyl (C=O) groups is 2. The number of esters is 1. The van der Waals surface area contributed by atoms with Gasteiger partial charge in [0.25, 0.3) is 0 Å². The van der Waals surface area contributed by atoms with Crippen molar-refractivity contribution in [3.8, 4) is 0 Å². The van der Waals surface area contributed by atoms with Gasteiger partial charge in [0, 0.05) is 18.6 Å². The van der Waals surface area contributed by atoms with Crippen molar-refractivity contribution in [2.24, 2.45) is 5.92 Å². The summed E-state index contributed by atoms with van der Waals surface area (Å²) in [7, 11) is 0. The van der Waals surface area contributed by atoms with E-state index in [0.717, 1.165) is 19.4 Å². The van der Waals surface area contributed by atoms with Crippen LogP contribution in [-0.2, 0) is 14.3 Å². The van der Waals surface area contributed by atoms with Crippen LogP contribution in [0.2, 0.25) is 0 Å². The minimum atomic E-state index is -0.126. The molecule has 1 atom stereocenters. The van der Waals surface area contributed by atoms with Crippen molar-refractivity contribution in [2.45, 2.75) is 59.5 Å². The molecule has 0 aromatic heterocycles. The minimum absolute atomic E-state index is 0.0851. The van der Waals surface area contributed by atoms with Crippen LogP contribution in [0.25, 0.3) is 0 Å². The van der Waals surface area contributed by atoms with E-state index >= 15 is 0 Å². The highest BCUT2D eigenvalue weighted by Crippen LogP contribution is 2.18. The lowest BCUT2D eigenvalue weighted by atomic mass is 9.98. The van der Waals surface area contributed by atoms with Crippen molar-refractivity contribution >= 4 is 11.9 Å². The summed E-state index contributed by atoms with van der Waals surface area (Å²) in [6.45, 7) is 12.3. The topological polar surface area (TPSA) is 49.9 Å². The number of hydrogen-bond acceptors (Lipinski definition) is 4. The van der Waals surface area contributed by atoms with E-state index in [1.54, 1.807) is 0 Å². The minimum Gasteiger partial charge on any atom is -0.466 e. The Morgan fingerprint density at radius 2 is 1.86 bits per heavy atom. The molecule has 0 spiro atoms. The van der Waals surface area contributed by atoms with Crippen LogP contribution in [0, 0.1) is 5.92 Å². The number of carbonyl (C=O) groups excluding carboxylic acids is 2. The molecule has 1 amide bonds. The van der Waals surface area contributed by atoms with Gasteiger partial charge in [0.15, 0.2) is 0 Å². The number of amides is 1. The predicted octanol–water partition coefficient (Wildman–Crippen LogP) is 1.91. The summed E-state index contributed by atoms with van der Waals surface area (Å²) in [5.41, 5.74) is 0. The lowest BCUT2D eigenvalue weighted by Gasteiger charge is -2.35. The monoisotopic (exact) mass is 298 g/mol. The number of hydrogen-bond donors (Lipinski definition) is 0. The van der Waals surface area contributed by atoms with Gasteiger partial charge in [0.05, 0.1) is 19.1 Å². The molecule has 0 radical (unpaired) electrons. The Balaban J connectivity index is 2.57. The summed E-state index contributed by atoms with van der Waals surface area (Å²) in [4.78, 5) is 28.3. The first-order valence-corrected chi connectivity index (χ1v) is 8.06. The van der Waals surface area contributed by atoms with Crippen molar-refractivity contribution in [1.29, 1.82) is 0 Å². The van der Waals surface area contributed by atoms with E-state index in [-0.39, 0.29) is 29.9 Å². The third-order valence-electron chi connectivity index (χ3n) is 3.88. The molecule has 5 nitrogen and oxygen atoms in total. The van der Waals surface area contributed by atoms with Gasteiger partial charge < -0.3 is 9.64 Å². The van der Waals surface area contributed by atoms with Crippen LogP contribution in [0.1, 0.15) is 47.5 Å². The summed E-state index contributed by atoms with van der Waals surface area (Å²) in [6.07, 6.45) is 1.81. The Hall–Kier alpha value is -1.10. The molecule has 0 saturated carbocycles. The fourth-order valence-corrected chi connectivity index (χ4v) is 3.10. The fourth-order valence-electron chi connectivity index (χ4n) is 3.10. The van der Waals surface area contributed by atoms with Crippen LogP contribution < -0.4 is 0 Å². The largest absolute Gasteiger partial charge is 0.466 e. The average Bonchev–Trinajstić information content (AvgIpc) is 2.38. The highest BCUT2D eigenvalue weighted by molar-refractivity contribution is 5.79. The van der Waals surface area contributed by atoms with Crippen molar-refractivity contribution in [1.82, 2.24) is 9.80 Å². The molecule has 1 unspecified atom stereocenters. The van der Waals surface area contributed by atoms with Crippen LogP contribution in [0.4, 0.5) is 0 Å². The van der Waals surface area contributed by atoms with Crippen molar-refractivity contribution in [3.05, 3.63) is 0 Å². The Morgan fingerprint density at radius 1 is 1.24 bits per heavy atom. The molecule has 0 aromatic rings. The molecule has 1 aliphatic heterocycles. The molecule has 122 valence electrons. The van der Waals surface area contributed by atoms with E-state index in [0.29, 0.717) is 19.7 Å². The summed E-state index contributed by atoms with van der Waals surface area (Å²) >= 11 is 0. The smallest absolute Gasteiger partial charge is 0.310 e. The summed E-state index contributed by atoms with van der Waals surface area (Å²) in [5, 5.41) is 0. The van der Waals surface area contributed by atoms with Crippen LogP contribution in [0.5, 0.6) is 0 Å². The number of likely N-dealkylation sites (tertiary alicyclic amines) is 1. The number of rotatable bonds is 6. The first-order chi connectivity index (χ1) is 9.86. The number of piperidine rings is 1. The Kier molecular flexibility index (Phi) is 7.15. The van der Waals surface area contributed by atoms with Crippen LogP contribution in [-0.4, -0.2) is 60.0 Å². The van der Waals surface area contributed by atoms with Crippen molar-refractivity contribution in [2.75, 3.05) is 26.2 Å². The number of nitrogens with zero attached hydrogens (tertiary/aromatic N) is 2. The zero-order valence-electron chi connectivity index (χ0n) is 14.1. The fraction of sp³-hybridized carbons (Fsp3) is 0.875. The second-order valence-corrected chi connectivity index (χ2v) is 6.31. The lowest BCUT2D eigenvalue weighted by Crippen LogP contribution is -2.49. The second-order valence-electron chi connectivity index (χ2n) is 6.31. The van der Waals surface area contributed by atoms with E-state index in [1.807, 2.05) is 39.5 Å². The molecule has 0 aliphatic carbocycles. The maximum Gasteiger partial charge on any atom is 0.310 e. The van der Waals surface area contributed by atoms with E-state index in [1.165, 1.54) is 0 Å². The number of ether oxygens (including phenoxy) is 1. The molecule has 1 fully saturated rings. The normalized spacial score (nSPS) is 19.9. The maximum absolute atomic E-state index is 12.5. The maximum atomic E-state index is 12.5. The van der Waals surface area contributed by atoms with Gasteiger partial charge in [0.1, 0.15) is 0 Å². The van der Waals surface area contributed by atoms with Gasteiger partial charge in [-0.15, -0.1) is 0 Å². The Labute approximate surface area is 128 Å². The molecular weight excluding hydrogens is 268 g/mol. The molecule has 0 N–H and O–H groups in total. The lowest BCUT2D eigenvalue weighted by molar-refractivity contribution is -0.151. The van der Waals surface area contributed by atoms with Gasteiger partial charge in [0.2, 0.25) is 5.91 Å². The van der Waals surface area contributed by atoms with Gasteiger partial charge in [-0.2, -0.15) is 0 Å². The molecule has 1 saturated heterocycles. The molecule has 1 aliphatic rings. The summed E-state index contributed by atoms with van der Waals surface area (Å²) in [5.74, 6) is -0.0678. The van der Waals surface area contributed by atoms with Gasteiger partial charge >= 0.3 is 5.97 Å². The second kappa shape index (κ2) is 8.37. The zero-order valence-corrected chi connectivity index (χ0v) is 14.1. The highest BCUT2D eigenvalue weighted by Gasteiger charge is 2.29. The van der Waals surface area contributed by atoms with E-state index in [4.69, 9.17) is 4.74 Å². The average molecular weight is 298 g/mol. The van der Waals surface area contributed by atoms with Gasteiger partial charge in [-0.25, -0.2) is 0 Å². The third-order valence-corrected chi connectivity index (χ3v) is 3.88. The first kappa shape index (κ1) is 18.0. The first-order valence-electron chi connectivity index (χ1n) is 8.06. The zero-order chi connectivity index (χ0) is 16.0. The van der Waals surface area contributed by atoms with E-state index in [9.17, 15) is 9.59 Å². The van der Waals surface area contributed by atoms with Gasteiger partial charge in [-0.3, -0.25) is 14.5 Å². The molecule has 0 aromatic carbocycles. The molecule has 0 bridgehead atoms. The van der Waals surface area contributed by atoms with Crippen molar-refractivity contribution in [3.63, 3.8) is 0 Å². The molecular formula is C16H30N2O3. The molecule has 5 heteroatoms. The van der Waals surface area contributed by atoms with Crippen LogP contribution in [0.15, 0.2) is 0 Å².